The van der Waals surface area contributed by atoms with Crippen molar-refractivity contribution < 1.29 is 19.1 Å². The number of ether oxygens (including phenoxy) is 2. The Morgan fingerprint density at radius 3 is 2.74 bits per heavy atom. The predicted molar refractivity (Wildman–Crippen MR) is 130 cm³/mol. The number of fused-ring (bicyclic) bond motifs is 1. The molecule has 0 spiro atoms. The Morgan fingerprint density at radius 2 is 2.06 bits per heavy atom. The molecule has 0 radical (unpaired) electrons. The van der Waals surface area contributed by atoms with E-state index in [1.54, 1.807) is 17.2 Å². The highest BCUT2D eigenvalue weighted by Gasteiger charge is 2.37. The Labute approximate surface area is 205 Å². The van der Waals surface area contributed by atoms with Crippen molar-refractivity contribution in [1.29, 1.82) is 0 Å². The third-order valence-electron chi connectivity index (χ3n) is 5.96. The van der Waals surface area contributed by atoms with Crippen LogP contribution in [-0.2, 0) is 20.8 Å². The Kier molecular flexibility index (Phi) is 7.09. The van der Waals surface area contributed by atoms with E-state index in [-0.39, 0.29) is 17.9 Å². The van der Waals surface area contributed by atoms with Gasteiger partial charge in [-0.2, -0.15) is 0 Å². The number of aromatic nitrogens is 2. The van der Waals surface area contributed by atoms with E-state index in [0.29, 0.717) is 48.4 Å². The molecule has 182 valence electrons. The first-order chi connectivity index (χ1) is 16.2. The first kappa shape index (κ1) is 24.4. The molecule has 0 bridgehead atoms. The van der Waals surface area contributed by atoms with Crippen molar-refractivity contribution in [3.63, 3.8) is 0 Å². The van der Waals surface area contributed by atoms with E-state index in [9.17, 15) is 9.59 Å². The van der Waals surface area contributed by atoms with E-state index in [4.69, 9.17) is 21.1 Å². The summed E-state index contributed by atoms with van der Waals surface area (Å²) in [6, 6.07) is 5.20. The lowest BCUT2D eigenvalue weighted by Gasteiger charge is -2.29. The summed E-state index contributed by atoms with van der Waals surface area (Å²) in [6.45, 7) is 9.13. The maximum absolute atomic E-state index is 13.3. The van der Waals surface area contributed by atoms with Gasteiger partial charge in [0, 0.05) is 36.9 Å². The highest BCUT2D eigenvalue weighted by atomic mass is 35.5. The van der Waals surface area contributed by atoms with Crippen LogP contribution in [0.15, 0.2) is 24.4 Å². The van der Waals surface area contributed by atoms with Gasteiger partial charge in [-0.3, -0.25) is 4.79 Å². The number of rotatable bonds is 6. The van der Waals surface area contributed by atoms with Gasteiger partial charge in [-0.25, -0.2) is 14.8 Å². The van der Waals surface area contributed by atoms with Gasteiger partial charge in [0.05, 0.1) is 16.9 Å². The van der Waals surface area contributed by atoms with E-state index in [2.05, 4.69) is 15.3 Å². The van der Waals surface area contributed by atoms with Gasteiger partial charge in [0.1, 0.15) is 11.6 Å². The summed E-state index contributed by atoms with van der Waals surface area (Å²) in [5.41, 5.74) is 2.07. The second-order valence-electron chi connectivity index (χ2n) is 9.68. The van der Waals surface area contributed by atoms with Crippen LogP contribution in [-0.4, -0.2) is 57.6 Å². The number of halogens is 1. The second kappa shape index (κ2) is 9.88. The summed E-state index contributed by atoms with van der Waals surface area (Å²) in [4.78, 5) is 36.6. The van der Waals surface area contributed by atoms with Crippen molar-refractivity contribution in [3.8, 4) is 11.3 Å². The number of carbonyl (C=O) groups is 2. The maximum atomic E-state index is 13.3. The minimum Gasteiger partial charge on any atom is -0.458 e. The molecule has 2 aliphatic rings. The van der Waals surface area contributed by atoms with Gasteiger partial charge in [0.2, 0.25) is 5.95 Å². The highest BCUT2D eigenvalue weighted by Crippen LogP contribution is 2.33. The number of anilines is 1. The fourth-order valence-electron chi connectivity index (χ4n) is 4.27. The number of benzene rings is 1. The Bertz CT molecular complexity index is 1080. The molecule has 1 aromatic heterocycles. The first-order valence-corrected chi connectivity index (χ1v) is 12.1. The van der Waals surface area contributed by atoms with Crippen LogP contribution in [0.5, 0.6) is 0 Å². The SMILES string of the molecule is CCC(C(=O)OC(C)(C)C)N1Cc2ccc(-c3nc(NC4CCOCC4)ncc3Cl)cc2C1=O. The molecule has 1 atom stereocenters. The Morgan fingerprint density at radius 1 is 1.32 bits per heavy atom. The molecule has 0 saturated carbocycles. The molecular formula is C25H31ClN4O4. The number of carbonyl (C=O) groups excluding carboxylic acids is 2. The van der Waals surface area contributed by atoms with Crippen LogP contribution in [0, 0.1) is 0 Å². The second-order valence-corrected chi connectivity index (χ2v) is 10.1. The molecule has 1 unspecified atom stereocenters. The molecule has 1 aromatic carbocycles. The lowest BCUT2D eigenvalue weighted by atomic mass is 10.0. The minimum absolute atomic E-state index is 0.194. The molecule has 3 heterocycles. The molecule has 34 heavy (non-hydrogen) atoms. The topological polar surface area (TPSA) is 93.7 Å². The van der Waals surface area contributed by atoms with Crippen LogP contribution in [0.2, 0.25) is 5.02 Å². The molecule has 2 aromatic rings. The van der Waals surface area contributed by atoms with E-state index in [1.807, 2.05) is 39.8 Å². The normalized spacial score (nSPS) is 17.4. The van der Waals surface area contributed by atoms with Gasteiger partial charge in [0.15, 0.2) is 0 Å². The lowest BCUT2D eigenvalue weighted by Crippen LogP contribution is -2.44. The number of esters is 1. The van der Waals surface area contributed by atoms with Crippen LogP contribution in [0.4, 0.5) is 5.95 Å². The summed E-state index contributed by atoms with van der Waals surface area (Å²) in [5, 5.41) is 3.76. The maximum Gasteiger partial charge on any atom is 0.329 e. The van der Waals surface area contributed by atoms with Gasteiger partial charge in [-0.05, 0) is 51.7 Å². The van der Waals surface area contributed by atoms with Gasteiger partial charge in [-0.1, -0.05) is 30.7 Å². The molecular weight excluding hydrogens is 456 g/mol. The molecule has 1 saturated heterocycles. The van der Waals surface area contributed by atoms with E-state index >= 15 is 0 Å². The van der Waals surface area contributed by atoms with Crippen LogP contribution in [0.25, 0.3) is 11.3 Å². The van der Waals surface area contributed by atoms with E-state index < -0.39 is 11.6 Å². The van der Waals surface area contributed by atoms with Crippen LogP contribution in [0.1, 0.15) is 62.9 Å². The number of amides is 1. The van der Waals surface area contributed by atoms with Crippen molar-refractivity contribution in [2.24, 2.45) is 0 Å². The first-order valence-electron chi connectivity index (χ1n) is 11.7. The number of nitrogens with zero attached hydrogens (tertiary/aromatic N) is 3. The summed E-state index contributed by atoms with van der Waals surface area (Å²) in [6.07, 6.45) is 3.82. The summed E-state index contributed by atoms with van der Waals surface area (Å²) >= 11 is 6.44. The number of hydrogen-bond acceptors (Lipinski definition) is 7. The van der Waals surface area contributed by atoms with Crippen LogP contribution < -0.4 is 5.32 Å². The molecule has 8 nitrogen and oxygen atoms in total. The largest absolute Gasteiger partial charge is 0.458 e. The van der Waals surface area contributed by atoms with Gasteiger partial charge in [-0.15, -0.1) is 0 Å². The van der Waals surface area contributed by atoms with Crippen molar-refractivity contribution >= 4 is 29.4 Å². The fourth-order valence-corrected chi connectivity index (χ4v) is 4.47. The van der Waals surface area contributed by atoms with Gasteiger partial charge >= 0.3 is 5.97 Å². The predicted octanol–water partition coefficient (Wildman–Crippen LogP) is 4.46. The highest BCUT2D eigenvalue weighted by molar-refractivity contribution is 6.33. The lowest BCUT2D eigenvalue weighted by molar-refractivity contribution is -0.160. The number of nitrogens with one attached hydrogen (secondary N) is 1. The smallest absolute Gasteiger partial charge is 0.329 e. The monoisotopic (exact) mass is 486 g/mol. The van der Waals surface area contributed by atoms with Crippen molar-refractivity contribution in [3.05, 3.63) is 40.5 Å². The summed E-state index contributed by atoms with van der Waals surface area (Å²) in [5.74, 6) is -0.0879. The Hall–Kier alpha value is -2.71. The Balaban J connectivity index is 1.56. The fraction of sp³-hybridized carbons (Fsp3) is 0.520. The molecule has 0 aliphatic carbocycles. The van der Waals surface area contributed by atoms with Gasteiger partial charge in [0.25, 0.3) is 5.91 Å². The van der Waals surface area contributed by atoms with Crippen molar-refractivity contribution in [2.75, 3.05) is 18.5 Å². The molecule has 4 rings (SSSR count). The van der Waals surface area contributed by atoms with Crippen molar-refractivity contribution in [1.82, 2.24) is 14.9 Å². The minimum atomic E-state index is -0.638. The number of hydrogen-bond donors (Lipinski definition) is 1. The van der Waals surface area contributed by atoms with Crippen molar-refractivity contribution in [2.45, 2.75) is 71.2 Å². The van der Waals surface area contributed by atoms with Gasteiger partial charge < -0.3 is 19.7 Å². The zero-order valence-electron chi connectivity index (χ0n) is 20.1. The molecule has 2 aliphatic heterocycles. The molecule has 1 amide bonds. The van der Waals surface area contributed by atoms with E-state index in [1.165, 1.54) is 0 Å². The molecule has 1 N–H and O–H groups in total. The third-order valence-corrected chi connectivity index (χ3v) is 6.23. The zero-order chi connectivity index (χ0) is 24.5. The third kappa shape index (κ3) is 5.33. The standard InChI is InChI=1S/C25H31ClN4O4/c1-5-20(23(32)34-25(2,3)4)30-14-16-7-6-15(12-18(16)22(30)31)21-19(26)13-27-24(29-21)28-17-8-10-33-11-9-17/h6-7,12-13,17,20H,5,8-11,14H2,1-4H3,(H,27,28,29). The molecule has 9 heteroatoms. The van der Waals surface area contributed by atoms with E-state index in [0.717, 1.165) is 24.0 Å². The van der Waals surface area contributed by atoms with Crippen LogP contribution in [0.3, 0.4) is 0 Å². The average molecular weight is 487 g/mol. The zero-order valence-corrected chi connectivity index (χ0v) is 20.8. The summed E-state index contributed by atoms with van der Waals surface area (Å²) < 4.78 is 11.0. The quantitative estimate of drug-likeness (QED) is 0.602. The average Bonchev–Trinajstić information content (AvgIpc) is 3.11. The summed E-state index contributed by atoms with van der Waals surface area (Å²) in [7, 11) is 0. The van der Waals surface area contributed by atoms with Crippen LogP contribution >= 0.6 is 11.6 Å². The molecule has 1 fully saturated rings.